The molecule has 1 aromatic carbocycles. The number of alkyl halides is 8. The van der Waals surface area contributed by atoms with E-state index in [2.05, 4.69) is 0 Å². The van der Waals surface area contributed by atoms with Gasteiger partial charge in [-0.25, -0.2) is 8.77 Å². The van der Waals surface area contributed by atoms with E-state index in [-0.39, 0.29) is 10.9 Å². The fourth-order valence-electron chi connectivity index (χ4n) is 1.71. The third kappa shape index (κ3) is 5.02. The number of nitrogens with zero attached hydrogens (tertiary/aromatic N) is 2. The van der Waals surface area contributed by atoms with E-state index in [1.807, 2.05) is 0 Å². The van der Waals surface area contributed by atoms with Crippen LogP contribution in [-0.4, -0.2) is 24.9 Å². The number of para-hydroxylation sites is 1. The number of hydrogen-bond donors (Lipinski definition) is 0. The second-order valence-electron chi connectivity index (χ2n) is 4.60. The SMILES string of the molecule is O=c1c2ccccc2n(SC(Cl)(Cl)C(Cl)Cl)c(=O)n1SC(Cl)(Cl)C(Cl)Cl. The number of fused-ring (bicyclic) bond motifs is 1. The van der Waals surface area contributed by atoms with E-state index < -0.39 is 28.3 Å². The minimum Gasteiger partial charge on any atom is -0.267 e. The van der Waals surface area contributed by atoms with Crippen molar-refractivity contribution in [2.45, 2.75) is 17.0 Å². The Labute approximate surface area is 196 Å². The normalized spacial score (nSPS) is 13.2. The molecule has 0 radical (unpaired) electrons. The number of aromatic nitrogens is 2. The highest BCUT2D eigenvalue weighted by atomic mass is 35.6. The maximum absolute atomic E-state index is 12.9. The maximum Gasteiger partial charge on any atom is 0.352 e. The van der Waals surface area contributed by atoms with Gasteiger partial charge in [-0.05, 0) is 12.1 Å². The van der Waals surface area contributed by atoms with E-state index in [0.29, 0.717) is 27.9 Å². The Hall–Kier alpha value is 1.18. The van der Waals surface area contributed by atoms with Crippen molar-refractivity contribution < 1.29 is 0 Å². The zero-order valence-corrected chi connectivity index (χ0v) is 19.7. The molecule has 2 rings (SSSR count). The van der Waals surface area contributed by atoms with Crippen molar-refractivity contribution in [1.29, 1.82) is 0 Å². The second-order valence-corrected chi connectivity index (χ2v) is 12.8. The van der Waals surface area contributed by atoms with Gasteiger partial charge in [0.25, 0.3) is 5.56 Å². The molecule has 0 saturated heterocycles. The van der Waals surface area contributed by atoms with Gasteiger partial charge in [0.15, 0.2) is 9.67 Å². The lowest BCUT2D eigenvalue weighted by Crippen LogP contribution is -2.39. The van der Waals surface area contributed by atoms with Crippen LogP contribution in [0.1, 0.15) is 0 Å². The zero-order valence-electron chi connectivity index (χ0n) is 12.0. The molecule has 0 spiro atoms. The highest BCUT2D eigenvalue weighted by molar-refractivity contribution is 8.02. The number of hydrogen-bond acceptors (Lipinski definition) is 4. The summed E-state index contributed by atoms with van der Waals surface area (Å²) >= 11 is 48.1. The molecule has 0 atom stereocenters. The Balaban J connectivity index is 2.76. The summed E-state index contributed by atoms with van der Waals surface area (Å²) in [5, 5.41) is 0.168. The van der Waals surface area contributed by atoms with Crippen LogP contribution in [0, 0.1) is 0 Å². The monoisotopic (exact) mass is 554 g/mol. The summed E-state index contributed by atoms with van der Waals surface area (Å²) < 4.78 is -1.90. The standard InChI is InChI=1S/C12H6Cl8N2O2S2/c13-8(14)11(17,18)25-21-6-4-2-1-3-5(6)7(23)22(10(21)24)26-12(19,20)9(15)16/h1-4,8-9H. The Morgan fingerprint density at radius 1 is 0.808 bits per heavy atom. The van der Waals surface area contributed by atoms with Crippen molar-refractivity contribution in [2.75, 3.05) is 0 Å². The smallest absolute Gasteiger partial charge is 0.267 e. The molecular formula is C12H6Cl8N2O2S2. The maximum atomic E-state index is 12.9. The molecule has 0 saturated carbocycles. The minimum atomic E-state index is -1.88. The van der Waals surface area contributed by atoms with Crippen LogP contribution in [0.3, 0.4) is 0 Å². The van der Waals surface area contributed by atoms with Crippen LogP contribution in [0.2, 0.25) is 0 Å². The van der Waals surface area contributed by atoms with Gasteiger partial charge in [-0.3, -0.25) is 4.79 Å². The molecule has 26 heavy (non-hydrogen) atoms. The van der Waals surface area contributed by atoms with E-state index in [1.54, 1.807) is 12.1 Å². The van der Waals surface area contributed by atoms with Gasteiger partial charge in [0, 0.05) is 23.9 Å². The highest BCUT2D eigenvalue weighted by Gasteiger charge is 2.38. The molecule has 0 aliphatic rings. The Morgan fingerprint density at radius 2 is 1.27 bits per heavy atom. The van der Waals surface area contributed by atoms with Crippen molar-refractivity contribution in [3.8, 4) is 0 Å². The van der Waals surface area contributed by atoms with Crippen molar-refractivity contribution in [2.24, 2.45) is 0 Å². The fourth-order valence-corrected chi connectivity index (χ4v) is 4.47. The lowest BCUT2D eigenvalue weighted by Gasteiger charge is -2.24. The van der Waals surface area contributed by atoms with Crippen LogP contribution < -0.4 is 11.2 Å². The quantitative estimate of drug-likeness (QED) is 0.407. The summed E-state index contributed by atoms with van der Waals surface area (Å²) in [6, 6.07) is 6.26. The average Bonchev–Trinajstić information content (AvgIpc) is 2.55. The predicted octanol–water partition coefficient (Wildman–Crippen LogP) is 6.03. The molecule has 0 aliphatic heterocycles. The molecule has 0 N–H and O–H groups in total. The molecule has 0 aliphatic carbocycles. The molecule has 14 heteroatoms. The molecule has 0 amide bonds. The highest BCUT2D eigenvalue weighted by Crippen LogP contribution is 2.44. The Kier molecular flexibility index (Phi) is 8.03. The van der Waals surface area contributed by atoms with Gasteiger partial charge in [-0.2, -0.15) is 3.97 Å². The van der Waals surface area contributed by atoms with Crippen molar-refractivity contribution in [1.82, 2.24) is 7.94 Å². The molecule has 1 aromatic heterocycles. The fraction of sp³-hybridized carbons (Fsp3) is 0.333. The molecule has 2 aromatic rings. The zero-order chi connectivity index (χ0) is 19.9. The van der Waals surface area contributed by atoms with E-state index in [1.165, 1.54) is 12.1 Å². The molecule has 144 valence electrons. The summed E-state index contributed by atoms with van der Waals surface area (Å²) in [4.78, 5) is 23.0. The summed E-state index contributed by atoms with van der Waals surface area (Å²) in [6.45, 7) is 0. The van der Waals surface area contributed by atoms with Crippen molar-refractivity contribution in [3.05, 3.63) is 45.1 Å². The van der Waals surface area contributed by atoms with Crippen LogP contribution >= 0.6 is 117 Å². The van der Waals surface area contributed by atoms with Crippen molar-refractivity contribution in [3.63, 3.8) is 0 Å². The third-order valence-corrected chi connectivity index (χ3v) is 9.24. The van der Waals surface area contributed by atoms with E-state index in [0.717, 1.165) is 3.97 Å². The van der Waals surface area contributed by atoms with E-state index in [4.69, 9.17) is 92.8 Å². The summed E-state index contributed by atoms with van der Waals surface area (Å²) in [6.07, 6.45) is 0. The lowest BCUT2D eigenvalue weighted by atomic mass is 10.2. The molecule has 0 fully saturated rings. The first-order valence-corrected chi connectivity index (χ1v) is 11.2. The Morgan fingerprint density at radius 3 is 1.77 bits per heavy atom. The van der Waals surface area contributed by atoms with Gasteiger partial charge in [-0.1, -0.05) is 58.5 Å². The summed E-state index contributed by atoms with van der Waals surface area (Å²) in [7, 11) is 0. The number of rotatable bonds is 6. The van der Waals surface area contributed by atoms with Gasteiger partial charge in [0.1, 0.15) is 0 Å². The van der Waals surface area contributed by atoms with Gasteiger partial charge < -0.3 is 0 Å². The Bertz CT molecular complexity index is 928. The van der Waals surface area contributed by atoms with Gasteiger partial charge in [0.2, 0.25) is 7.33 Å². The molecule has 0 bridgehead atoms. The van der Waals surface area contributed by atoms with E-state index >= 15 is 0 Å². The van der Waals surface area contributed by atoms with Crippen LogP contribution in [-0.2, 0) is 0 Å². The second kappa shape index (κ2) is 8.90. The van der Waals surface area contributed by atoms with Gasteiger partial charge >= 0.3 is 5.69 Å². The molecule has 1 heterocycles. The first-order chi connectivity index (χ1) is 11.9. The summed E-state index contributed by atoms with van der Waals surface area (Å²) in [5.41, 5.74) is -1.27. The van der Waals surface area contributed by atoms with E-state index in [9.17, 15) is 9.59 Å². The van der Waals surface area contributed by atoms with Crippen LogP contribution in [0.4, 0.5) is 0 Å². The van der Waals surface area contributed by atoms with Crippen LogP contribution in [0.25, 0.3) is 10.9 Å². The van der Waals surface area contributed by atoms with Gasteiger partial charge in [0.05, 0.1) is 10.9 Å². The lowest BCUT2D eigenvalue weighted by molar-refractivity contribution is 0.965. The largest absolute Gasteiger partial charge is 0.352 e. The minimum absolute atomic E-state index is 0.168. The summed E-state index contributed by atoms with van der Waals surface area (Å²) in [5.74, 6) is 0. The topological polar surface area (TPSA) is 44.0 Å². The first-order valence-electron chi connectivity index (χ1n) is 6.36. The predicted molar refractivity (Wildman–Crippen MR) is 118 cm³/mol. The van der Waals surface area contributed by atoms with Crippen molar-refractivity contribution >= 4 is 128 Å². The number of halogens is 8. The molecular weight excluding hydrogens is 552 g/mol. The first kappa shape index (κ1) is 23.5. The third-order valence-electron chi connectivity index (χ3n) is 2.82. The average molecular weight is 558 g/mol. The molecule has 0 unspecified atom stereocenters. The molecule has 4 nitrogen and oxygen atoms in total. The van der Waals surface area contributed by atoms with Gasteiger partial charge in [-0.15, -0.1) is 46.4 Å². The van der Waals surface area contributed by atoms with Crippen LogP contribution in [0.15, 0.2) is 33.9 Å². The number of benzene rings is 1. The van der Waals surface area contributed by atoms with Crippen LogP contribution in [0.5, 0.6) is 0 Å².